The number of hydrogen-bond donors (Lipinski definition) is 0. The van der Waals surface area contributed by atoms with Gasteiger partial charge in [0, 0.05) is 44.2 Å². The summed E-state index contributed by atoms with van der Waals surface area (Å²) in [5.74, 6) is 1.33. The molecular formula is C16H21ClN4O. The molecule has 0 unspecified atom stereocenters. The van der Waals surface area contributed by atoms with E-state index < -0.39 is 0 Å². The summed E-state index contributed by atoms with van der Waals surface area (Å²) in [6.45, 7) is 8.79. The Balaban J connectivity index is 1.56. The highest BCUT2D eigenvalue weighted by Crippen LogP contribution is 2.27. The Labute approximate surface area is 135 Å². The molecule has 1 aliphatic rings. The smallest absolute Gasteiger partial charge is 0.230 e. The van der Waals surface area contributed by atoms with Gasteiger partial charge in [0.1, 0.15) is 0 Å². The third-order valence-corrected chi connectivity index (χ3v) is 4.58. The number of aromatic nitrogens is 2. The van der Waals surface area contributed by atoms with Crippen LogP contribution in [0.25, 0.3) is 0 Å². The second-order valence-electron chi connectivity index (χ2n) is 5.72. The first-order valence-electron chi connectivity index (χ1n) is 7.63. The summed E-state index contributed by atoms with van der Waals surface area (Å²) in [6, 6.07) is 8.43. The zero-order valence-corrected chi connectivity index (χ0v) is 13.8. The Hall–Kier alpha value is -1.43. The maximum atomic E-state index is 6.31. The van der Waals surface area contributed by atoms with E-state index in [1.54, 1.807) is 0 Å². The van der Waals surface area contributed by atoms with E-state index in [0.29, 0.717) is 17.8 Å². The zero-order valence-electron chi connectivity index (χ0n) is 13.0. The molecule has 0 N–H and O–H groups in total. The molecule has 1 aromatic carbocycles. The summed E-state index contributed by atoms with van der Waals surface area (Å²) in [5.41, 5.74) is 1.20. The highest BCUT2D eigenvalue weighted by atomic mass is 35.5. The highest BCUT2D eigenvalue weighted by molar-refractivity contribution is 6.31. The molecule has 1 aromatic heterocycles. The van der Waals surface area contributed by atoms with Crippen molar-refractivity contribution in [2.45, 2.75) is 26.4 Å². The third kappa shape index (κ3) is 3.48. The van der Waals surface area contributed by atoms with Gasteiger partial charge in [0.05, 0.1) is 6.54 Å². The molecular weight excluding hydrogens is 300 g/mol. The molecule has 3 rings (SSSR count). The lowest BCUT2D eigenvalue weighted by Gasteiger charge is -2.37. The first-order chi connectivity index (χ1) is 10.6. The van der Waals surface area contributed by atoms with Crippen molar-refractivity contribution in [1.82, 2.24) is 20.0 Å². The van der Waals surface area contributed by atoms with Gasteiger partial charge in [-0.05, 0) is 18.6 Å². The van der Waals surface area contributed by atoms with Crippen molar-refractivity contribution in [3.8, 4) is 0 Å². The number of nitrogens with zero attached hydrogens (tertiary/aromatic N) is 4. The molecule has 0 bridgehead atoms. The lowest BCUT2D eigenvalue weighted by molar-refractivity contribution is 0.0919. The molecule has 2 heterocycles. The standard InChI is InChI=1S/C16H21ClN4O/c1-12(14-5-3-4-6-15(14)17)21-9-7-20(8-10-21)11-16-19-18-13(2)22-16/h3-6,12H,7-11H2,1-2H3/t12-/m1/s1. The minimum absolute atomic E-state index is 0.335. The average Bonchev–Trinajstić information content (AvgIpc) is 2.93. The summed E-state index contributed by atoms with van der Waals surface area (Å²) < 4.78 is 5.45. The van der Waals surface area contributed by atoms with Gasteiger partial charge in [-0.3, -0.25) is 9.80 Å². The van der Waals surface area contributed by atoms with Crippen molar-refractivity contribution in [1.29, 1.82) is 0 Å². The monoisotopic (exact) mass is 320 g/mol. The van der Waals surface area contributed by atoms with Crippen LogP contribution in [0.5, 0.6) is 0 Å². The summed E-state index contributed by atoms with van der Waals surface area (Å²) in [4.78, 5) is 4.82. The first kappa shape index (κ1) is 15.5. The Morgan fingerprint density at radius 2 is 1.91 bits per heavy atom. The zero-order chi connectivity index (χ0) is 15.5. The van der Waals surface area contributed by atoms with Gasteiger partial charge in [-0.2, -0.15) is 0 Å². The van der Waals surface area contributed by atoms with Gasteiger partial charge in [-0.1, -0.05) is 29.8 Å². The van der Waals surface area contributed by atoms with Crippen LogP contribution < -0.4 is 0 Å². The normalized spacial score (nSPS) is 18.5. The summed E-state index contributed by atoms with van der Waals surface area (Å²) in [5, 5.41) is 8.79. The van der Waals surface area contributed by atoms with E-state index in [1.807, 2.05) is 25.1 Å². The largest absolute Gasteiger partial charge is 0.424 e. The number of benzene rings is 1. The van der Waals surface area contributed by atoms with Crippen LogP contribution in [0.1, 0.15) is 30.3 Å². The molecule has 0 spiro atoms. The van der Waals surface area contributed by atoms with E-state index in [9.17, 15) is 0 Å². The lowest BCUT2D eigenvalue weighted by Crippen LogP contribution is -2.46. The Morgan fingerprint density at radius 3 is 2.55 bits per heavy atom. The van der Waals surface area contributed by atoms with Crippen LogP contribution in [0.3, 0.4) is 0 Å². The van der Waals surface area contributed by atoms with E-state index in [2.05, 4.69) is 33.0 Å². The summed E-state index contributed by atoms with van der Waals surface area (Å²) in [7, 11) is 0. The van der Waals surface area contributed by atoms with E-state index in [0.717, 1.165) is 37.7 Å². The van der Waals surface area contributed by atoms with Crippen LogP contribution in [-0.4, -0.2) is 46.2 Å². The second kappa shape index (κ2) is 6.77. The molecule has 1 saturated heterocycles. The SMILES string of the molecule is Cc1nnc(CN2CCN([C@H](C)c3ccccc3Cl)CC2)o1. The highest BCUT2D eigenvalue weighted by Gasteiger charge is 2.24. The van der Waals surface area contributed by atoms with Crippen molar-refractivity contribution in [2.24, 2.45) is 0 Å². The topological polar surface area (TPSA) is 45.4 Å². The molecule has 0 aliphatic carbocycles. The predicted octanol–water partition coefficient (Wildman–Crippen LogP) is 2.91. The Kier molecular flexibility index (Phi) is 4.76. The fourth-order valence-corrected chi connectivity index (χ4v) is 3.21. The fraction of sp³-hybridized carbons (Fsp3) is 0.500. The first-order valence-corrected chi connectivity index (χ1v) is 8.01. The third-order valence-electron chi connectivity index (χ3n) is 4.24. The van der Waals surface area contributed by atoms with Gasteiger partial charge in [0.15, 0.2) is 0 Å². The van der Waals surface area contributed by atoms with Crippen molar-refractivity contribution >= 4 is 11.6 Å². The van der Waals surface area contributed by atoms with Crippen molar-refractivity contribution in [2.75, 3.05) is 26.2 Å². The Bertz CT molecular complexity index is 622. The van der Waals surface area contributed by atoms with Crippen LogP contribution in [0.4, 0.5) is 0 Å². The molecule has 6 heteroatoms. The lowest BCUT2D eigenvalue weighted by atomic mass is 10.1. The second-order valence-corrected chi connectivity index (χ2v) is 6.13. The van der Waals surface area contributed by atoms with E-state index in [4.69, 9.17) is 16.0 Å². The quantitative estimate of drug-likeness (QED) is 0.866. The number of aryl methyl sites for hydroxylation is 1. The molecule has 118 valence electrons. The van der Waals surface area contributed by atoms with Gasteiger partial charge in [0.25, 0.3) is 0 Å². The summed E-state index contributed by atoms with van der Waals surface area (Å²) >= 11 is 6.31. The molecule has 5 nitrogen and oxygen atoms in total. The van der Waals surface area contributed by atoms with Gasteiger partial charge >= 0.3 is 0 Å². The molecule has 0 radical (unpaired) electrons. The molecule has 2 aromatic rings. The van der Waals surface area contributed by atoms with Crippen molar-refractivity contribution < 1.29 is 4.42 Å². The minimum atomic E-state index is 0.335. The van der Waals surface area contributed by atoms with Gasteiger partial charge in [-0.15, -0.1) is 10.2 Å². The van der Waals surface area contributed by atoms with Crippen LogP contribution in [0.15, 0.2) is 28.7 Å². The molecule has 0 amide bonds. The summed E-state index contributed by atoms with van der Waals surface area (Å²) in [6.07, 6.45) is 0. The van der Waals surface area contributed by atoms with Crippen LogP contribution in [0.2, 0.25) is 5.02 Å². The maximum absolute atomic E-state index is 6.31. The van der Waals surface area contributed by atoms with Gasteiger partial charge < -0.3 is 4.42 Å². The number of piperazine rings is 1. The van der Waals surface area contributed by atoms with Gasteiger partial charge in [-0.25, -0.2) is 0 Å². The fourth-order valence-electron chi connectivity index (χ4n) is 2.91. The molecule has 1 fully saturated rings. The predicted molar refractivity (Wildman–Crippen MR) is 85.8 cm³/mol. The van der Waals surface area contributed by atoms with E-state index in [-0.39, 0.29) is 0 Å². The average molecular weight is 321 g/mol. The maximum Gasteiger partial charge on any atom is 0.230 e. The number of rotatable bonds is 4. The number of halogens is 1. The van der Waals surface area contributed by atoms with Crippen LogP contribution in [-0.2, 0) is 6.54 Å². The molecule has 1 aliphatic heterocycles. The van der Waals surface area contributed by atoms with Crippen LogP contribution in [0, 0.1) is 6.92 Å². The van der Waals surface area contributed by atoms with Gasteiger partial charge in [0.2, 0.25) is 11.8 Å². The molecule has 0 saturated carbocycles. The molecule has 1 atom stereocenters. The van der Waals surface area contributed by atoms with Crippen molar-refractivity contribution in [3.05, 3.63) is 46.6 Å². The minimum Gasteiger partial charge on any atom is -0.424 e. The van der Waals surface area contributed by atoms with E-state index >= 15 is 0 Å². The van der Waals surface area contributed by atoms with Crippen molar-refractivity contribution in [3.63, 3.8) is 0 Å². The molecule has 22 heavy (non-hydrogen) atoms. The number of hydrogen-bond acceptors (Lipinski definition) is 5. The Morgan fingerprint density at radius 1 is 1.18 bits per heavy atom. The van der Waals surface area contributed by atoms with Crippen LogP contribution >= 0.6 is 11.6 Å². The van der Waals surface area contributed by atoms with E-state index in [1.165, 1.54) is 5.56 Å².